The molecule has 0 heterocycles. The van der Waals surface area contributed by atoms with Crippen LogP contribution < -0.4 is 15.2 Å². The summed E-state index contributed by atoms with van der Waals surface area (Å²) in [5.41, 5.74) is 6.10. The van der Waals surface area contributed by atoms with E-state index in [1.165, 1.54) is 0 Å². The molecular formula is C14H22N2O2. The van der Waals surface area contributed by atoms with Crippen LogP contribution in [0.4, 0.5) is 0 Å². The minimum Gasteiger partial charge on any atom is -0.497 e. The third-order valence-corrected chi connectivity index (χ3v) is 2.74. The van der Waals surface area contributed by atoms with Gasteiger partial charge in [-0.3, -0.25) is 5.41 Å². The Morgan fingerprint density at radius 2 is 2.00 bits per heavy atom. The van der Waals surface area contributed by atoms with Gasteiger partial charge in [0.05, 0.1) is 13.7 Å². The van der Waals surface area contributed by atoms with Gasteiger partial charge in [-0.1, -0.05) is 20.3 Å². The molecule has 0 spiro atoms. The molecule has 0 radical (unpaired) electrons. The van der Waals surface area contributed by atoms with E-state index in [0.29, 0.717) is 29.6 Å². The number of methoxy groups -OCH3 is 1. The molecule has 1 unspecified atom stereocenters. The van der Waals surface area contributed by atoms with Gasteiger partial charge in [-0.25, -0.2) is 0 Å². The number of nitrogens with one attached hydrogen (secondary N) is 1. The van der Waals surface area contributed by atoms with E-state index < -0.39 is 0 Å². The molecule has 1 rings (SSSR count). The third-order valence-electron chi connectivity index (χ3n) is 2.74. The number of rotatable bonds is 7. The van der Waals surface area contributed by atoms with Crippen molar-refractivity contribution in [2.24, 2.45) is 11.7 Å². The number of amidine groups is 1. The summed E-state index contributed by atoms with van der Waals surface area (Å²) < 4.78 is 10.9. The molecule has 0 fully saturated rings. The molecule has 1 atom stereocenters. The van der Waals surface area contributed by atoms with Crippen LogP contribution >= 0.6 is 0 Å². The fourth-order valence-electron chi connectivity index (χ4n) is 1.74. The first-order valence-corrected chi connectivity index (χ1v) is 6.23. The standard InChI is InChI=1S/C14H22N2O2/c1-4-5-10(2)9-18-13-7-11(14(15)16)6-12(8-13)17-3/h6-8,10H,4-5,9H2,1-3H3,(H3,15,16). The molecule has 0 bridgehead atoms. The summed E-state index contributed by atoms with van der Waals surface area (Å²) in [6.07, 6.45) is 2.30. The molecule has 4 nitrogen and oxygen atoms in total. The van der Waals surface area contributed by atoms with E-state index in [0.717, 1.165) is 12.8 Å². The number of ether oxygens (including phenoxy) is 2. The van der Waals surface area contributed by atoms with Crippen LogP contribution in [0.5, 0.6) is 11.5 Å². The minimum atomic E-state index is 0.0142. The Morgan fingerprint density at radius 1 is 1.33 bits per heavy atom. The molecule has 0 aliphatic heterocycles. The summed E-state index contributed by atoms with van der Waals surface area (Å²) in [6, 6.07) is 5.30. The van der Waals surface area contributed by atoms with Gasteiger partial charge < -0.3 is 15.2 Å². The summed E-state index contributed by atoms with van der Waals surface area (Å²) in [4.78, 5) is 0. The second-order valence-corrected chi connectivity index (χ2v) is 4.52. The van der Waals surface area contributed by atoms with Crippen molar-refractivity contribution in [2.75, 3.05) is 13.7 Å². The quantitative estimate of drug-likeness (QED) is 0.577. The highest BCUT2D eigenvalue weighted by Crippen LogP contribution is 2.23. The molecule has 18 heavy (non-hydrogen) atoms. The maximum atomic E-state index is 7.45. The zero-order valence-corrected chi connectivity index (χ0v) is 11.3. The summed E-state index contributed by atoms with van der Waals surface area (Å²) in [6.45, 7) is 4.99. The molecule has 0 aromatic heterocycles. The fourth-order valence-corrected chi connectivity index (χ4v) is 1.74. The molecule has 0 saturated heterocycles. The van der Waals surface area contributed by atoms with Crippen LogP contribution in [-0.4, -0.2) is 19.6 Å². The van der Waals surface area contributed by atoms with Crippen molar-refractivity contribution < 1.29 is 9.47 Å². The first kappa shape index (κ1) is 14.4. The lowest BCUT2D eigenvalue weighted by Gasteiger charge is -2.14. The SMILES string of the molecule is CCCC(C)COc1cc(OC)cc(C(=N)N)c1. The molecule has 3 N–H and O–H groups in total. The van der Waals surface area contributed by atoms with E-state index in [4.69, 9.17) is 20.6 Å². The van der Waals surface area contributed by atoms with E-state index in [-0.39, 0.29) is 5.84 Å². The van der Waals surface area contributed by atoms with Crippen LogP contribution in [0, 0.1) is 11.3 Å². The monoisotopic (exact) mass is 250 g/mol. The second-order valence-electron chi connectivity index (χ2n) is 4.52. The van der Waals surface area contributed by atoms with Crippen LogP contribution in [-0.2, 0) is 0 Å². The molecule has 0 amide bonds. The Labute approximate surface area is 109 Å². The lowest BCUT2D eigenvalue weighted by Crippen LogP contribution is -2.12. The van der Waals surface area contributed by atoms with Gasteiger partial charge in [-0.15, -0.1) is 0 Å². The maximum absolute atomic E-state index is 7.45. The normalized spacial score (nSPS) is 11.9. The Morgan fingerprint density at radius 3 is 2.56 bits per heavy atom. The molecule has 0 aliphatic carbocycles. The number of hydrogen-bond donors (Lipinski definition) is 2. The Bertz CT molecular complexity index is 405. The summed E-state index contributed by atoms with van der Waals surface area (Å²) in [5.74, 6) is 1.88. The topological polar surface area (TPSA) is 68.3 Å². The minimum absolute atomic E-state index is 0.0142. The van der Waals surface area contributed by atoms with Gasteiger partial charge in [0.2, 0.25) is 0 Å². The fraction of sp³-hybridized carbons (Fsp3) is 0.500. The second kappa shape index (κ2) is 6.89. The Kier molecular flexibility index (Phi) is 5.49. The first-order valence-electron chi connectivity index (χ1n) is 6.23. The number of nitrogens with two attached hydrogens (primary N) is 1. The molecular weight excluding hydrogens is 228 g/mol. The molecule has 1 aromatic rings. The molecule has 1 aromatic carbocycles. The van der Waals surface area contributed by atoms with E-state index >= 15 is 0 Å². The van der Waals surface area contributed by atoms with E-state index in [9.17, 15) is 0 Å². The van der Waals surface area contributed by atoms with Gasteiger partial charge in [-0.05, 0) is 24.5 Å². The van der Waals surface area contributed by atoms with Gasteiger partial charge in [0.15, 0.2) is 0 Å². The molecule has 4 heteroatoms. The number of nitrogen functional groups attached to an aromatic ring is 1. The number of benzene rings is 1. The zero-order chi connectivity index (χ0) is 13.5. The predicted molar refractivity (Wildman–Crippen MR) is 73.6 cm³/mol. The summed E-state index contributed by atoms with van der Waals surface area (Å²) in [7, 11) is 1.59. The highest BCUT2D eigenvalue weighted by atomic mass is 16.5. The lowest BCUT2D eigenvalue weighted by atomic mass is 10.1. The third kappa shape index (κ3) is 4.28. The van der Waals surface area contributed by atoms with Gasteiger partial charge in [0.1, 0.15) is 17.3 Å². The molecule has 0 saturated carbocycles. The Balaban J connectivity index is 2.75. The number of hydrogen-bond acceptors (Lipinski definition) is 3. The van der Waals surface area contributed by atoms with Gasteiger partial charge in [0, 0.05) is 11.6 Å². The highest BCUT2D eigenvalue weighted by Gasteiger charge is 2.07. The zero-order valence-electron chi connectivity index (χ0n) is 11.3. The Hall–Kier alpha value is -1.71. The average molecular weight is 250 g/mol. The van der Waals surface area contributed by atoms with Crippen molar-refractivity contribution in [1.82, 2.24) is 0 Å². The average Bonchev–Trinajstić information content (AvgIpc) is 2.36. The van der Waals surface area contributed by atoms with E-state index in [1.54, 1.807) is 19.2 Å². The largest absolute Gasteiger partial charge is 0.497 e. The van der Waals surface area contributed by atoms with Crippen LogP contribution in [0.25, 0.3) is 0 Å². The van der Waals surface area contributed by atoms with Gasteiger partial charge >= 0.3 is 0 Å². The van der Waals surface area contributed by atoms with Crippen LogP contribution in [0.15, 0.2) is 18.2 Å². The van der Waals surface area contributed by atoms with E-state index in [2.05, 4.69) is 13.8 Å². The molecule has 100 valence electrons. The first-order chi connectivity index (χ1) is 8.56. The smallest absolute Gasteiger partial charge is 0.123 e. The maximum Gasteiger partial charge on any atom is 0.123 e. The van der Waals surface area contributed by atoms with Crippen LogP contribution in [0.1, 0.15) is 32.3 Å². The van der Waals surface area contributed by atoms with Crippen molar-refractivity contribution in [2.45, 2.75) is 26.7 Å². The van der Waals surface area contributed by atoms with Crippen LogP contribution in [0.2, 0.25) is 0 Å². The van der Waals surface area contributed by atoms with Gasteiger partial charge in [-0.2, -0.15) is 0 Å². The summed E-state index contributed by atoms with van der Waals surface area (Å²) >= 11 is 0. The van der Waals surface area contributed by atoms with Crippen molar-refractivity contribution in [1.29, 1.82) is 5.41 Å². The van der Waals surface area contributed by atoms with Crippen molar-refractivity contribution >= 4 is 5.84 Å². The molecule has 0 aliphatic rings. The van der Waals surface area contributed by atoms with Crippen LogP contribution in [0.3, 0.4) is 0 Å². The van der Waals surface area contributed by atoms with E-state index in [1.807, 2.05) is 6.07 Å². The van der Waals surface area contributed by atoms with Gasteiger partial charge in [0.25, 0.3) is 0 Å². The summed E-state index contributed by atoms with van der Waals surface area (Å²) in [5, 5.41) is 7.45. The van der Waals surface area contributed by atoms with Crippen molar-refractivity contribution in [3.63, 3.8) is 0 Å². The lowest BCUT2D eigenvalue weighted by molar-refractivity contribution is 0.250. The van der Waals surface area contributed by atoms with Crippen molar-refractivity contribution in [3.05, 3.63) is 23.8 Å². The highest BCUT2D eigenvalue weighted by molar-refractivity contribution is 5.95. The van der Waals surface area contributed by atoms with Crippen molar-refractivity contribution in [3.8, 4) is 11.5 Å². The predicted octanol–water partition coefficient (Wildman–Crippen LogP) is 2.79.